The number of carboxylic acids is 1. The van der Waals surface area contributed by atoms with Crippen molar-refractivity contribution in [3.05, 3.63) is 23.9 Å². The second-order valence-corrected chi connectivity index (χ2v) is 4.22. The molecule has 0 aliphatic carbocycles. The minimum absolute atomic E-state index is 0.142. The molecule has 0 saturated carbocycles. The molecule has 0 saturated heterocycles. The van der Waals surface area contributed by atoms with Crippen molar-refractivity contribution in [1.29, 1.82) is 0 Å². The van der Waals surface area contributed by atoms with E-state index in [4.69, 9.17) is 15.6 Å². The predicted octanol–water partition coefficient (Wildman–Crippen LogP) is 0.616. The summed E-state index contributed by atoms with van der Waals surface area (Å²) in [6.45, 7) is 2.29. The summed E-state index contributed by atoms with van der Waals surface area (Å²) in [5.41, 5.74) is 6.94. The van der Waals surface area contributed by atoms with Crippen molar-refractivity contribution in [2.24, 2.45) is 0 Å². The third kappa shape index (κ3) is 2.95. The van der Waals surface area contributed by atoms with Gasteiger partial charge in [-0.15, -0.1) is 5.10 Å². The van der Waals surface area contributed by atoms with Gasteiger partial charge in [-0.05, 0) is 25.1 Å². The van der Waals surface area contributed by atoms with Crippen LogP contribution in [-0.4, -0.2) is 44.4 Å². The lowest BCUT2D eigenvalue weighted by Crippen LogP contribution is -2.08. The van der Waals surface area contributed by atoms with Crippen molar-refractivity contribution in [2.75, 3.05) is 18.9 Å². The van der Waals surface area contributed by atoms with Crippen molar-refractivity contribution >= 4 is 11.7 Å². The molecule has 4 N–H and O–H groups in total. The van der Waals surface area contributed by atoms with E-state index < -0.39 is 5.97 Å². The van der Waals surface area contributed by atoms with E-state index in [2.05, 4.69) is 10.3 Å². The average Bonchev–Trinajstić information content (AvgIpc) is 2.86. The number of carboxylic acid groups (broad SMARTS) is 1. The Labute approximate surface area is 120 Å². The van der Waals surface area contributed by atoms with Gasteiger partial charge in [0, 0.05) is 5.56 Å². The summed E-state index contributed by atoms with van der Waals surface area (Å²) in [5, 5.41) is 25.6. The molecule has 1 aromatic heterocycles. The number of anilines is 1. The highest BCUT2D eigenvalue weighted by atomic mass is 16.5. The standard InChI is InChI=1S/C13H16N4O4/c1-2-21-10-4-3-8(7-9(10)14)12-11(13(19)20)15-16-17(12)5-6-18/h3-4,7,18H,2,5-6,14H2,1H3,(H,19,20). The molecule has 21 heavy (non-hydrogen) atoms. The summed E-state index contributed by atoms with van der Waals surface area (Å²) < 4.78 is 6.68. The second-order valence-electron chi connectivity index (χ2n) is 4.22. The molecule has 0 atom stereocenters. The highest BCUT2D eigenvalue weighted by Crippen LogP contribution is 2.30. The lowest BCUT2D eigenvalue weighted by Gasteiger charge is -2.10. The highest BCUT2D eigenvalue weighted by Gasteiger charge is 2.21. The van der Waals surface area contributed by atoms with E-state index in [-0.39, 0.29) is 18.8 Å². The van der Waals surface area contributed by atoms with Crippen LogP contribution < -0.4 is 10.5 Å². The quantitative estimate of drug-likeness (QED) is 0.666. The van der Waals surface area contributed by atoms with E-state index in [1.807, 2.05) is 6.92 Å². The molecule has 0 radical (unpaired) electrons. The number of carbonyl (C=O) groups is 1. The zero-order valence-electron chi connectivity index (χ0n) is 11.5. The second kappa shape index (κ2) is 6.23. The molecule has 112 valence electrons. The Hall–Kier alpha value is -2.61. The maximum absolute atomic E-state index is 11.2. The van der Waals surface area contributed by atoms with Crippen LogP contribution in [0.5, 0.6) is 5.75 Å². The van der Waals surface area contributed by atoms with Crippen LogP contribution in [0.1, 0.15) is 17.4 Å². The maximum Gasteiger partial charge on any atom is 0.358 e. The Morgan fingerprint density at radius 1 is 1.48 bits per heavy atom. The molecule has 2 aromatic rings. The molecular formula is C13H16N4O4. The van der Waals surface area contributed by atoms with Gasteiger partial charge in [-0.3, -0.25) is 0 Å². The van der Waals surface area contributed by atoms with E-state index >= 15 is 0 Å². The first-order valence-corrected chi connectivity index (χ1v) is 6.38. The van der Waals surface area contributed by atoms with Crippen LogP contribution in [-0.2, 0) is 6.54 Å². The average molecular weight is 292 g/mol. The van der Waals surface area contributed by atoms with Crippen LogP contribution in [0.15, 0.2) is 18.2 Å². The summed E-state index contributed by atoms with van der Waals surface area (Å²) in [5.74, 6) is -0.666. The molecule has 0 aliphatic rings. The van der Waals surface area contributed by atoms with Gasteiger partial charge >= 0.3 is 5.97 Å². The van der Waals surface area contributed by atoms with E-state index in [0.29, 0.717) is 29.3 Å². The van der Waals surface area contributed by atoms with Gasteiger partial charge in [0.2, 0.25) is 0 Å². The van der Waals surface area contributed by atoms with Crippen LogP contribution in [0, 0.1) is 0 Å². The normalized spacial score (nSPS) is 10.6. The maximum atomic E-state index is 11.2. The zero-order chi connectivity index (χ0) is 15.4. The van der Waals surface area contributed by atoms with Gasteiger partial charge in [0.15, 0.2) is 5.69 Å². The van der Waals surface area contributed by atoms with Gasteiger partial charge in [0.1, 0.15) is 11.4 Å². The van der Waals surface area contributed by atoms with Gasteiger partial charge in [-0.25, -0.2) is 9.48 Å². The molecule has 8 heteroatoms. The predicted molar refractivity (Wildman–Crippen MR) is 75.1 cm³/mol. The van der Waals surface area contributed by atoms with Gasteiger partial charge in [0.05, 0.1) is 25.4 Å². The molecular weight excluding hydrogens is 276 g/mol. The Morgan fingerprint density at radius 3 is 2.81 bits per heavy atom. The Bertz CT molecular complexity index is 654. The molecule has 2 rings (SSSR count). The third-order valence-electron chi connectivity index (χ3n) is 2.83. The number of rotatable bonds is 6. The number of nitrogens with zero attached hydrogens (tertiary/aromatic N) is 3. The molecule has 8 nitrogen and oxygen atoms in total. The topological polar surface area (TPSA) is 123 Å². The van der Waals surface area contributed by atoms with Gasteiger partial charge < -0.3 is 20.7 Å². The van der Waals surface area contributed by atoms with Crippen molar-refractivity contribution in [1.82, 2.24) is 15.0 Å². The zero-order valence-corrected chi connectivity index (χ0v) is 11.5. The van der Waals surface area contributed by atoms with Crippen molar-refractivity contribution < 1.29 is 19.7 Å². The summed E-state index contributed by atoms with van der Waals surface area (Å²) in [6.07, 6.45) is 0. The molecule has 1 heterocycles. The fourth-order valence-corrected chi connectivity index (χ4v) is 1.98. The first kappa shape index (κ1) is 14.8. The molecule has 1 aromatic carbocycles. The van der Waals surface area contributed by atoms with Crippen LogP contribution in [0.2, 0.25) is 0 Å². The fraction of sp³-hybridized carbons (Fsp3) is 0.308. The first-order chi connectivity index (χ1) is 10.1. The Kier molecular flexibility index (Phi) is 4.39. The minimum Gasteiger partial charge on any atom is -0.492 e. The number of ether oxygens (including phenoxy) is 1. The number of aliphatic hydroxyl groups is 1. The molecule has 0 spiro atoms. The fourth-order valence-electron chi connectivity index (χ4n) is 1.98. The number of aromatic carboxylic acids is 1. The van der Waals surface area contributed by atoms with Crippen molar-refractivity contribution in [3.8, 4) is 17.0 Å². The summed E-state index contributed by atoms with van der Waals surface area (Å²) >= 11 is 0. The number of aromatic nitrogens is 3. The third-order valence-corrected chi connectivity index (χ3v) is 2.83. The lowest BCUT2D eigenvalue weighted by atomic mass is 10.1. The number of aliphatic hydroxyl groups excluding tert-OH is 1. The van der Waals surface area contributed by atoms with Crippen molar-refractivity contribution in [3.63, 3.8) is 0 Å². The highest BCUT2D eigenvalue weighted by molar-refractivity contribution is 5.93. The lowest BCUT2D eigenvalue weighted by molar-refractivity contribution is 0.0691. The van der Waals surface area contributed by atoms with E-state index in [9.17, 15) is 9.90 Å². The number of nitrogens with two attached hydrogens (primary N) is 1. The number of nitrogen functional groups attached to an aromatic ring is 1. The Morgan fingerprint density at radius 2 is 2.24 bits per heavy atom. The van der Waals surface area contributed by atoms with Crippen LogP contribution in [0.25, 0.3) is 11.3 Å². The van der Waals surface area contributed by atoms with Crippen molar-refractivity contribution in [2.45, 2.75) is 13.5 Å². The van der Waals surface area contributed by atoms with E-state index in [1.54, 1.807) is 18.2 Å². The van der Waals surface area contributed by atoms with Crippen LogP contribution >= 0.6 is 0 Å². The number of benzene rings is 1. The van der Waals surface area contributed by atoms with E-state index in [1.165, 1.54) is 4.68 Å². The molecule has 0 fully saturated rings. The minimum atomic E-state index is -1.19. The summed E-state index contributed by atoms with van der Waals surface area (Å²) in [6, 6.07) is 4.94. The van der Waals surface area contributed by atoms with Gasteiger partial charge in [-0.1, -0.05) is 5.21 Å². The van der Waals surface area contributed by atoms with Gasteiger partial charge in [0.25, 0.3) is 0 Å². The monoisotopic (exact) mass is 292 g/mol. The molecule has 0 aliphatic heterocycles. The molecule has 0 amide bonds. The van der Waals surface area contributed by atoms with Gasteiger partial charge in [-0.2, -0.15) is 0 Å². The Balaban J connectivity index is 2.52. The first-order valence-electron chi connectivity index (χ1n) is 6.38. The molecule has 0 unspecified atom stereocenters. The number of hydrogen-bond acceptors (Lipinski definition) is 6. The summed E-state index contributed by atoms with van der Waals surface area (Å²) in [4.78, 5) is 11.2. The SMILES string of the molecule is CCOc1ccc(-c2c(C(=O)O)nnn2CCO)cc1N. The summed E-state index contributed by atoms with van der Waals surface area (Å²) in [7, 11) is 0. The molecule has 0 bridgehead atoms. The van der Waals surface area contributed by atoms with Crippen LogP contribution in [0.3, 0.4) is 0 Å². The van der Waals surface area contributed by atoms with Crippen LogP contribution in [0.4, 0.5) is 5.69 Å². The largest absolute Gasteiger partial charge is 0.492 e. The number of hydrogen-bond donors (Lipinski definition) is 3. The van der Waals surface area contributed by atoms with E-state index in [0.717, 1.165) is 0 Å². The smallest absolute Gasteiger partial charge is 0.358 e.